The van der Waals surface area contributed by atoms with Crippen molar-refractivity contribution in [3.8, 4) is 5.19 Å². The van der Waals surface area contributed by atoms with Gasteiger partial charge in [0, 0.05) is 0 Å². The van der Waals surface area contributed by atoms with Crippen molar-refractivity contribution >= 4 is 33.2 Å². The molecule has 4 heteroatoms. The quantitative estimate of drug-likeness (QED) is 0.811. The van der Waals surface area contributed by atoms with Crippen molar-refractivity contribution in [1.29, 1.82) is 0 Å². The number of fused-ring (bicyclic) bond motifs is 1. The van der Waals surface area contributed by atoms with E-state index >= 15 is 0 Å². The third-order valence-corrected chi connectivity index (χ3v) is 3.13. The molecular formula is C11H12ClNOS. The molecule has 0 spiro atoms. The van der Waals surface area contributed by atoms with Gasteiger partial charge in [0.2, 0.25) is 0 Å². The molecule has 0 saturated heterocycles. The molecule has 0 aliphatic rings. The summed E-state index contributed by atoms with van der Waals surface area (Å²) >= 11 is 7.56. The summed E-state index contributed by atoms with van der Waals surface area (Å²) < 4.78 is 6.63. The van der Waals surface area contributed by atoms with Crippen LogP contribution in [0.3, 0.4) is 0 Å². The summed E-state index contributed by atoms with van der Waals surface area (Å²) in [6.45, 7) is 4.91. The molecule has 0 bridgehead atoms. The second-order valence-electron chi connectivity index (χ2n) is 3.77. The van der Waals surface area contributed by atoms with Gasteiger partial charge in [-0.25, -0.2) is 4.98 Å². The zero-order chi connectivity index (χ0) is 10.8. The Kier molecular flexibility index (Phi) is 3.12. The van der Waals surface area contributed by atoms with E-state index in [2.05, 4.69) is 18.8 Å². The van der Waals surface area contributed by atoms with Crippen molar-refractivity contribution in [2.24, 2.45) is 5.92 Å². The van der Waals surface area contributed by atoms with E-state index in [0.717, 1.165) is 10.2 Å². The average Bonchev–Trinajstić information content (AvgIpc) is 2.59. The Morgan fingerprint density at radius 3 is 2.93 bits per heavy atom. The Morgan fingerprint density at radius 1 is 1.47 bits per heavy atom. The number of benzene rings is 1. The maximum atomic E-state index is 6.02. The number of thiazole rings is 1. The van der Waals surface area contributed by atoms with Gasteiger partial charge in [0.25, 0.3) is 5.19 Å². The zero-order valence-corrected chi connectivity index (χ0v) is 10.2. The van der Waals surface area contributed by atoms with Gasteiger partial charge in [-0.05, 0) is 18.1 Å². The topological polar surface area (TPSA) is 22.1 Å². The maximum absolute atomic E-state index is 6.02. The number of hydrogen-bond acceptors (Lipinski definition) is 3. The Morgan fingerprint density at radius 2 is 2.27 bits per heavy atom. The predicted molar refractivity (Wildman–Crippen MR) is 65.0 cm³/mol. The minimum Gasteiger partial charge on any atom is -0.470 e. The molecule has 15 heavy (non-hydrogen) atoms. The molecule has 1 aromatic heterocycles. The van der Waals surface area contributed by atoms with E-state index in [-0.39, 0.29) is 0 Å². The Balaban J connectivity index is 2.27. The van der Waals surface area contributed by atoms with E-state index in [9.17, 15) is 0 Å². The highest BCUT2D eigenvalue weighted by Crippen LogP contribution is 2.32. The molecule has 1 aromatic carbocycles. The van der Waals surface area contributed by atoms with Crippen LogP contribution in [-0.4, -0.2) is 11.6 Å². The van der Waals surface area contributed by atoms with Crippen molar-refractivity contribution in [2.75, 3.05) is 6.61 Å². The molecule has 1 heterocycles. The van der Waals surface area contributed by atoms with Crippen LogP contribution in [0.15, 0.2) is 18.2 Å². The largest absolute Gasteiger partial charge is 0.470 e. The first kappa shape index (κ1) is 10.7. The number of hydrogen-bond donors (Lipinski definition) is 0. The maximum Gasteiger partial charge on any atom is 0.274 e. The van der Waals surface area contributed by atoms with Crippen LogP contribution >= 0.6 is 22.9 Å². The van der Waals surface area contributed by atoms with Crippen molar-refractivity contribution in [3.05, 3.63) is 23.2 Å². The number of halogens is 1. The molecular weight excluding hydrogens is 230 g/mol. The van der Waals surface area contributed by atoms with Gasteiger partial charge in [-0.2, -0.15) is 0 Å². The summed E-state index contributed by atoms with van der Waals surface area (Å²) in [6, 6.07) is 5.77. The van der Waals surface area contributed by atoms with Gasteiger partial charge < -0.3 is 4.74 Å². The van der Waals surface area contributed by atoms with Gasteiger partial charge in [-0.15, -0.1) is 0 Å². The highest BCUT2D eigenvalue weighted by Gasteiger charge is 2.07. The summed E-state index contributed by atoms with van der Waals surface area (Å²) in [5, 5.41) is 1.38. The Bertz CT molecular complexity index is 467. The SMILES string of the molecule is CC(C)COc1nc2c(Cl)cccc2s1. The second kappa shape index (κ2) is 4.37. The van der Waals surface area contributed by atoms with Gasteiger partial charge in [0.1, 0.15) is 5.52 Å². The first-order chi connectivity index (χ1) is 7.16. The lowest BCUT2D eigenvalue weighted by Crippen LogP contribution is -2.03. The van der Waals surface area contributed by atoms with Crippen molar-refractivity contribution in [2.45, 2.75) is 13.8 Å². The Labute approximate surface area is 97.8 Å². The first-order valence-corrected chi connectivity index (χ1v) is 6.04. The van der Waals surface area contributed by atoms with Crippen LogP contribution in [0.25, 0.3) is 10.2 Å². The fourth-order valence-electron chi connectivity index (χ4n) is 1.19. The third kappa shape index (κ3) is 2.41. The molecule has 2 nitrogen and oxygen atoms in total. The van der Waals surface area contributed by atoms with Gasteiger partial charge in [-0.3, -0.25) is 0 Å². The lowest BCUT2D eigenvalue weighted by molar-refractivity contribution is 0.270. The van der Waals surface area contributed by atoms with E-state index in [1.165, 1.54) is 11.3 Å². The molecule has 2 rings (SSSR count). The Hall–Kier alpha value is -0.800. The molecule has 0 fully saturated rings. The minimum atomic E-state index is 0.507. The van der Waals surface area contributed by atoms with Crippen LogP contribution in [0, 0.1) is 5.92 Å². The van der Waals surface area contributed by atoms with Crippen molar-refractivity contribution < 1.29 is 4.74 Å². The van der Waals surface area contributed by atoms with E-state index in [1.807, 2.05) is 18.2 Å². The van der Waals surface area contributed by atoms with E-state index in [1.54, 1.807) is 0 Å². The zero-order valence-electron chi connectivity index (χ0n) is 8.66. The summed E-state index contributed by atoms with van der Waals surface area (Å²) in [7, 11) is 0. The van der Waals surface area contributed by atoms with Crippen LogP contribution in [0.2, 0.25) is 5.02 Å². The number of aromatic nitrogens is 1. The van der Waals surface area contributed by atoms with Crippen LogP contribution < -0.4 is 4.74 Å². The summed E-state index contributed by atoms with van der Waals surface area (Å²) in [6.07, 6.45) is 0. The normalized spacial score (nSPS) is 11.2. The number of nitrogens with zero attached hydrogens (tertiary/aromatic N) is 1. The molecule has 0 aliphatic heterocycles. The van der Waals surface area contributed by atoms with Gasteiger partial charge in [0.05, 0.1) is 16.3 Å². The standard InChI is InChI=1S/C11H12ClNOS/c1-7(2)6-14-11-13-10-8(12)4-3-5-9(10)15-11/h3-5,7H,6H2,1-2H3. The van der Waals surface area contributed by atoms with E-state index in [0.29, 0.717) is 22.7 Å². The number of rotatable bonds is 3. The van der Waals surface area contributed by atoms with Gasteiger partial charge >= 0.3 is 0 Å². The highest BCUT2D eigenvalue weighted by atomic mass is 35.5. The molecule has 80 valence electrons. The molecule has 0 amide bonds. The van der Waals surface area contributed by atoms with Gasteiger partial charge in [-0.1, -0.05) is 42.9 Å². The monoisotopic (exact) mass is 241 g/mol. The van der Waals surface area contributed by atoms with Crippen molar-refractivity contribution in [1.82, 2.24) is 4.98 Å². The van der Waals surface area contributed by atoms with Crippen LogP contribution in [0.1, 0.15) is 13.8 Å². The molecule has 0 aliphatic carbocycles. The molecule has 0 radical (unpaired) electrons. The molecule has 0 atom stereocenters. The van der Waals surface area contributed by atoms with Gasteiger partial charge in [0.15, 0.2) is 0 Å². The van der Waals surface area contributed by atoms with Crippen LogP contribution in [0.5, 0.6) is 5.19 Å². The van der Waals surface area contributed by atoms with Crippen LogP contribution in [0.4, 0.5) is 0 Å². The fourth-order valence-corrected chi connectivity index (χ4v) is 2.32. The highest BCUT2D eigenvalue weighted by molar-refractivity contribution is 7.20. The molecule has 0 N–H and O–H groups in total. The molecule has 0 saturated carbocycles. The number of ether oxygens (including phenoxy) is 1. The molecule has 0 unspecified atom stereocenters. The second-order valence-corrected chi connectivity index (χ2v) is 5.17. The summed E-state index contributed by atoms with van der Waals surface area (Å²) in [5.41, 5.74) is 0.836. The smallest absolute Gasteiger partial charge is 0.274 e. The van der Waals surface area contributed by atoms with Crippen LogP contribution in [-0.2, 0) is 0 Å². The lowest BCUT2D eigenvalue weighted by atomic mass is 10.2. The average molecular weight is 242 g/mol. The predicted octanol–water partition coefficient (Wildman–Crippen LogP) is 3.98. The summed E-state index contributed by atoms with van der Waals surface area (Å²) in [4.78, 5) is 4.35. The number of para-hydroxylation sites is 1. The molecule has 2 aromatic rings. The van der Waals surface area contributed by atoms with E-state index in [4.69, 9.17) is 16.3 Å². The third-order valence-electron chi connectivity index (χ3n) is 1.89. The fraction of sp³-hybridized carbons (Fsp3) is 0.364. The van der Waals surface area contributed by atoms with Crippen molar-refractivity contribution in [3.63, 3.8) is 0 Å². The first-order valence-electron chi connectivity index (χ1n) is 4.84. The lowest BCUT2D eigenvalue weighted by Gasteiger charge is -2.03. The summed E-state index contributed by atoms with van der Waals surface area (Å²) in [5.74, 6) is 0.507. The minimum absolute atomic E-state index is 0.507. The van der Waals surface area contributed by atoms with E-state index < -0.39 is 0 Å².